The lowest BCUT2D eigenvalue weighted by atomic mass is 10.2. The van der Waals surface area contributed by atoms with Crippen LogP contribution >= 0.6 is 0 Å². The van der Waals surface area contributed by atoms with Gasteiger partial charge in [0.15, 0.2) is 25.0 Å². The van der Waals surface area contributed by atoms with Gasteiger partial charge in [-0.1, -0.05) is 30.3 Å². The molecule has 0 heterocycles. The van der Waals surface area contributed by atoms with Gasteiger partial charge in [-0.05, 0) is 83.0 Å². The summed E-state index contributed by atoms with van der Waals surface area (Å²) < 4.78 is 19.6. The number of benzene rings is 1. The molecule has 0 aromatic heterocycles. The van der Waals surface area contributed by atoms with Gasteiger partial charge in [0.25, 0.3) is 0 Å². The molecule has 0 bridgehead atoms. The van der Waals surface area contributed by atoms with E-state index < -0.39 is 33.5 Å². The monoisotopic (exact) mass is 428 g/mol. The van der Waals surface area contributed by atoms with Crippen LogP contribution in [0, 0.1) is 0 Å². The lowest BCUT2D eigenvalue weighted by molar-refractivity contribution is 0.310. The summed E-state index contributed by atoms with van der Waals surface area (Å²) in [5.41, 5.74) is 1.35. The molecule has 0 saturated carbocycles. The van der Waals surface area contributed by atoms with Crippen LogP contribution in [0.4, 0.5) is 0 Å². The van der Waals surface area contributed by atoms with Gasteiger partial charge in [-0.3, -0.25) is 0 Å². The zero-order valence-electron chi connectivity index (χ0n) is 18.4. The van der Waals surface area contributed by atoms with E-state index in [1.165, 1.54) is 5.56 Å². The predicted octanol–water partition coefficient (Wildman–Crippen LogP) is 6.23. The SMILES string of the molecule is C[Si](C)(C)O[Si](C)(CC[Si](C)(C)OCCc1ccccc1)O[Si](C)(C)C. The minimum Gasteiger partial charge on any atom is -0.437 e. The molecule has 0 aliphatic heterocycles. The average molecular weight is 429 g/mol. The van der Waals surface area contributed by atoms with E-state index in [-0.39, 0.29) is 0 Å². The van der Waals surface area contributed by atoms with Crippen LogP contribution in [-0.2, 0) is 19.1 Å². The minimum atomic E-state index is -2.16. The van der Waals surface area contributed by atoms with E-state index >= 15 is 0 Å². The molecular formula is C19H40O3Si4. The Labute approximate surface area is 166 Å². The smallest absolute Gasteiger partial charge is 0.314 e. The highest BCUT2D eigenvalue weighted by Crippen LogP contribution is 2.29. The molecule has 0 atom stereocenters. The lowest BCUT2D eigenvalue weighted by Crippen LogP contribution is -2.53. The van der Waals surface area contributed by atoms with Gasteiger partial charge in [-0.25, -0.2) is 0 Å². The third-order valence-corrected chi connectivity index (χ3v) is 16.4. The predicted molar refractivity (Wildman–Crippen MR) is 124 cm³/mol. The van der Waals surface area contributed by atoms with Crippen LogP contribution in [-0.4, -0.2) is 40.1 Å². The van der Waals surface area contributed by atoms with E-state index in [1.807, 2.05) is 0 Å². The summed E-state index contributed by atoms with van der Waals surface area (Å²) in [5.74, 6) is 0. The van der Waals surface area contributed by atoms with Crippen LogP contribution < -0.4 is 0 Å². The van der Waals surface area contributed by atoms with E-state index in [9.17, 15) is 0 Å². The van der Waals surface area contributed by atoms with Gasteiger partial charge in [-0.2, -0.15) is 0 Å². The summed E-state index contributed by atoms with van der Waals surface area (Å²) in [5, 5.41) is 0. The van der Waals surface area contributed by atoms with Crippen LogP contribution in [0.1, 0.15) is 5.56 Å². The fourth-order valence-corrected chi connectivity index (χ4v) is 19.9. The van der Waals surface area contributed by atoms with Crippen LogP contribution in [0.5, 0.6) is 0 Å². The first-order chi connectivity index (χ1) is 11.7. The molecule has 0 aliphatic carbocycles. The molecule has 1 rings (SSSR count). The van der Waals surface area contributed by atoms with Gasteiger partial charge in [0.05, 0.1) is 0 Å². The van der Waals surface area contributed by atoms with Crippen molar-refractivity contribution in [2.45, 2.75) is 77.4 Å². The van der Waals surface area contributed by atoms with Crippen molar-refractivity contribution in [3.63, 3.8) is 0 Å². The van der Waals surface area contributed by atoms with Crippen LogP contribution in [0.25, 0.3) is 0 Å². The first-order valence-electron chi connectivity index (χ1n) is 9.78. The Morgan fingerprint density at radius 3 is 1.65 bits per heavy atom. The van der Waals surface area contributed by atoms with Crippen molar-refractivity contribution in [3.8, 4) is 0 Å². The summed E-state index contributed by atoms with van der Waals surface area (Å²) >= 11 is 0. The van der Waals surface area contributed by atoms with Gasteiger partial charge in [0.2, 0.25) is 0 Å². The molecule has 0 amide bonds. The largest absolute Gasteiger partial charge is 0.437 e. The van der Waals surface area contributed by atoms with Gasteiger partial charge in [-0.15, -0.1) is 0 Å². The average Bonchev–Trinajstić information content (AvgIpc) is 2.42. The van der Waals surface area contributed by atoms with Crippen LogP contribution in [0.15, 0.2) is 30.3 Å². The Kier molecular flexibility index (Phi) is 8.72. The quantitative estimate of drug-likeness (QED) is 0.391. The maximum absolute atomic E-state index is 6.63. The summed E-state index contributed by atoms with van der Waals surface area (Å²) in [6, 6.07) is 12.8. The molecule has 26 heavy (non-hydrogen) atoms. The van der Waals surface area contributed by atoms with Crippen molar-refractivity contribution in [1.82, 2.24) is 0 Å². The van der Waals surface area contributed by atoms with E-state index in [2.05, 4.69) is 89.3 Å². The molecular weight excluding hydrogens is 389 g/mol. The Balaban J connectivity index is 2.61. The lowest BCUT2D eigenvalue weighted by Gasteiger charge is -2.39. The Bertz CT molecular complexity index is 520. The van der Waals surface area contributed by atoms with Crippen molar-refractivity contribution < 1.29 is 12.7 Å². The van der Waals surface area contributed by atoms with Crippen molar-refractivity contribution in [3.05, 3.63) is 35.9 Å². The third-order valence-electron chi connectivity index (χ3n) is 3.95. The first-order valence-corrected chi connectivity index (χ1v) is 22.2. The van der Waals surface area contributed by atoms with Gasteiger partial charge in [0, 0.05) is 6.61 Å². The van der Waals surface area contributed by atoms with Crippen molar-refractivity contribution in [2.24, 2.45) is 0 Å². The molecule has 1 aromatic carbocycles. The molecule has 3 nitrogen and oxygen atoms in total. The molecule has 0 fully saturated rings. The topological polar surface area (TPSA) is 27.7 Å². The van der Waals surface area contributed by atoms with Crippen LogP contribution in [0.2, 0.25) is 71.0 Å². The molecule has 1 aromatic rings. The zero-order valence-corrected chi connectivity index (χ0v) is 22.4. The highest BCUT2D eigenvalue weighted by molar-refractivity contribution is 6.88. The number of hydrogen-bond acceptors (Lipinski definition) is 3. The Hall–Kier alpha value is -0.0325. The first kappa shape index (κ1) is 24.0. The van der Waals surface area contributed by atoms with Gasteiger partial charge in [0.1, 0.15) is 0 Å². The Morgan fingerprint density at radius 1 is 0.692 bits per heavy atom. The fourth-order valence-electron chi connectivity index (χ4n) is 3.11. The standard InChI is InChI=1S/C19H40O3Si4/c1-23(2,3)21-26(9,22-24(4,5)6)18-17-25(7,8)20-16-15-19-13-11-10-12-14-19/h10-14H,15-18H2,1-9H3. The van der Waals surface area contributed by atoms with Crippen LogP contribution in [0.3, 0.4) is 0 Å². The number of rotatable bonds is 11. The second kappa shape index (κ2) is 9.45. The maximum atomic E-state index is 6.63. The fraction of sp³-hybridized carbons (Fsp3) is 0.684. The van der Waals surface area contributed by atoms with Gasteiger partial charge >= 0.3 is 8.56 Å². The summed E-state index contributed by atoms with van der Waals surface area (Å²) in [4.78, 5) is 0. The zero-order chi connectivity index (χ0) is 20.1. The summed E-state index contributed by atoms with van der Waals surface area (Å²) in [7, 11) is -7.12. The van der Waals surface area contributed by atoms with E-state index in [0.717, 1.165) is 25.1 Å². The minimum absolute atomic E-state index is 0.811. The summed E-state index contributed by atoms with van der Waals surface area (Å²) in [6.45, 7) is 21.4. The van der Waals surface area contributed by atoms with E-state index in [0.29, 0.717) is 0 Å². The highest BCUT2D eigenvalue weighted by Gasteiger charge is 2.41. The molecule has 0 unspecified atom stereocenters. The van der Waals surface area contributed by atoms with E-state index in [1.54, 1.807) is 0 Å². The normalized spacial score (nSPS) is 13.9. The molecule has 0 radical (unpaired) electrons. The molecule has 0 N–H and O–H groups in total. The second-order valence-electron chi connectivity index (χ2n) is 9.91. The second-order valence-corrected chi connectivity index (χ2v) is 27.1. The van der Waals surface area contributed by atoms with E-state index in [4.69, 9.17) is 12.7 Å². The molecule has 7 heteroatoms. The van der Waals surface area contributed by atoms with Crippen molar-refractivity contribution in [1.29, 1.82) is 0 Å². The van der Waals surface area contributed by atoms with Crippen molar-refractivity contribution in [2.75, 3.05) is 6.61 Å². The van der Waals surface area contributed by atoms with Crippen molar-refractivity contribution >= 4 is 33.5 Å². The van der Waals surface area contributed by atoms with Gasteiger partial charge < -0.3 is 12.7 Å². The number of hydrogen-bond donors (Lipinski definition) is 0. The molecule has 150 valence electrons. The highest BCUT2D eigenvalue weighted by atomic mass is 28.5. The third kappa shape index (κ3) is 11.0. The molecule has 0 spiro atoms. The maximum Gasteiger partial charge on any atom is 0.314 e. The Morgan fingerprint density at radius 2 is 1.19 bits per heavy atom. The molecule has 0 saturated heterocycles. The molecule has 0 aliphatic rings. The summed E-state index contributed by atoms with van der Waals surface area (Å²) in [6.07, 6.45) is 0.989.